The van der Waals surface area contributed by atoms with Gasteiger partial charge in [0.05, 0.1) is 0 Å². The molecule has 0 aliphatic carbocycles. The van der Waals surface area contributed by atoms with Gasteiger partial charge >= 0.3 is 0 Å². The Balaban J connectivity index is 0.00000208. The lowest BCUT2D eigenvalue weighted by molar-refractivity contribution is -0.118. The molecule has 2 aromatic rings. The molecule has 0 saturated carbocycles. The Morgan fingerprint density at radius 1 is 1.12 bits per heavy atom. The monoisotopic (exact) mass is 358 g/mol. The number of benzene rings is 2. The zero-order valence-corrected chi connectivity index (χ0v) is 13.9. The van der Waals surface area contributed by atoms with Gasteiger partial charge < -0.3 is 15.5 Å². The molecule has 3 N–H and O–H groups in total. The average Bonchev–Trinajstić information content (AvgIpc) is 2.58. The maximum atomic E-state index is 14.6. The van der Waals surface area contributed by atoms with Crippen molar-refractivity contribution in [3.05, 3.63) is 42.0 Å². The molecule has 0 unspecified atom stereocenters. The van der Waals surface area contributed by atoms with Gasteiger partial charge in [-0.05, 0) is 16.8 Å². The molecule has 1 fully saturated rings. The van der Waals surface area contributed by atoms with Crippen molar-refractivity contribution in [2.75, 3.05) is 32.8 Å². The second-order valence-corrected chi connectivity index (χ2v) is 5.83. The molecule has 0 aromatic heterocycles. The summed E-state index contributed by atoms with van der Waals surface area (Å²) in [5.41, 5.74) is 0.184. The number of rotatable bonds is 4. The molecule has 3 rings (SSSR count). The van der Waals surface area contributed by atoms with Crippen LogP contribution in [0, 0.1) is 0 Å². The zero-order valence-electron chi connectivity index (χ0n) is 13.1. The molecule has 0 bridgehead atoms. The maximum Gasteiger partial charge on any atom is 0.290 e. The third-order valence-electron chi connectivity index (χ3n) is 4.35. The average molecular weight is 359 g/mol. The minimum Gasteiger partial charge on any atom is -0.508 e. The molecule has 132 valence electrons. The summed E-state index contributed by atoms with van der Waals surface area (Å²) in [6, 6.07) is 8.93. The molecule has 1 saturated heterocycles. The summed E-state index contributed by atoms with van der Waals surface area (Å²) in [4.78, 5) is 1.63. The van der Waals surface area contributed by atoms with Crippen LogP contribution in [0.15, 0.2) is 36.4 Å². The van der Waals surface area contributed by atoms with E-state index in [0.29, 0.717) is 31.6 Å². The Kier molecular flexibility index (Phi) is 5.98. The van der Waals surface area contributed by atoms with Gasteiger partial charge in [-0.1, -0.05) is 30.3 Å². The Labute approximate surface area is 145 Å². The number of fused-ring (bicyclic) bond motifs is 1. The fourth-order valence-corrected chi connectivity index (χ4v) is 3.26. The van der Waals surface area contributed by atoms with Crippen LogP contribution in [0.1, 0.15) is 11.6 Å². The van der Waals surface area contributed by atoms with Crippen LogP contribution in [-0.4, -0.2) is 53.8 Å². The summed E-state index contributed by atoms with van der Waals surface area (Å²) in [7, 11) is 0. The second kappa shape index (κ2) is 7.61. The summed E-state index contributed by atoms with van der Waals surface area (Å²) in [5, 5.41) is 24.1. The van der Waals surface area contributed by atoms with Crippen LogP contribution < -0.4 is 5.32 Å². The summed E-state index contributed by atoms with van der Waals surface area (Å²) >= 11 is 0. The molecule has 4 nitrogen and oxygen atoms in total. The maximum absolute atomic E-state index is 14.6. The molecule has 7 heteroatoms. The van der Waals surface area contributed by atoms with E-state index in [-0.39, 0.29) is 23.7 Å². The lowest BCUT2D eigenvalue weighted by Crippen LogP contribution is -2.51. The topological polar surface area (TPSA) is 55.7 Å². The molecule has 24 heavy (non-hydrogen) atoms. The van der Waals surface area contributed by atoms with E-state index in [2.05, 4.69) is 5.32 Å². The van der Waals surface area contributed by atoms with Crippen LogP contribution in [0.25, 0.3) is 10.8 Å². The van der Waals surface area contributed by atoms with Crippen LogP contribution in [0.4, 0.5) is 8.78 Å². The first kappa shape index (κ1) is 18.9. The van der Waals surface area contributed by atoms with E-state index < -0.39 is 18.6 Å². The third-order valence-corrected chi connectivity index (χ3v) is 4.35. The predicted molar refractivity (Wildman–Crippen MR) is 92.1 cm³/mol. The summed E-state index contributed by atoms with van der Waals surface area (Å²) in [6.45, 7) is 0.809. The molecular weight excluding hydrogens is 338 g/mol. The number of nitrogens with one attached hydrogen (secondary N) is 1. The number of aromatic hydroxyl groups is 1. The quantitative estimate of drug-likeness (QED) is 0.786. The minimum absolute atomic E-state index is 0. The fraction of sp³-hybridized carbons (Fsp3) is 0.412. The van der Waals surface area contributed by atoms with Crippen molar-refractivity contribution in [1.29, 1.82) is 0 Å². The van der Waals surface area contributed by atoms with Gasteiger partial charge in [0.2, 0.25) is 0 Å². The van der Waals surface area contributed by atoms with Crippen molar-refractivity contribution in [3.8, 4) is 5.75 Å². The first-order chi connectivity index (χ1) is 11.0. The molecular formula is C17H21ClF2N2O2. The number of phenols is 1. The molecule has 1 aliphatic heterocycles. The van der Waals surface area contributed by atoms with E-state index in [1.54, 1.807) is 23.1 Å². The van der Waals surface area contributed by atoms with Crippen LogP contribution in [0.3, 0.4) is 0 Å². The first-order valence-corrected chi connectivity index (χ1v) is 7.68. The normalized spacial score (nSPS) is 17.5. The number of alkyl halides is 2. The number of aliphatic hydroxyl groups excluding tert-OH is 1. The molecule has 0 amide bonds. The zero-order chi connectivity index (χ0) is 16.4. The number of halogens is 3. The van der Waals surface area contributed by atoms with Crippen LogP contribution in [0.5, 0.6) is 5.75 Å². The number of aliphatic hydroxyl groups is 1. The number of piperazine rings is 1. The second-order valence-electron chi connectivity index (χ2n) is 5.83. The number of phenolic OH excluding ortho intramolecular Hbond substituents is 1. The predicted octanol–water partition coefficient (Wildman–Crippen LogP) is 2.54. The minimum atomic E-state index is -3.35. The third kappa shape index (κ3) is 3.47. The Hall–Kier alpha value is -1.47. The van der Waals surface area contributed by atoms with Gasteiger partial charge in [-0.25, -0.2) is 8.78 Å². The fourth-order valence-electron chi connectivity index (χ4n) is 3.26. The highest BCUT2D eigenvalue weighted by Gasteiger charge is 2.45. The Morgan fingerprint density at radius 2 is 1.79 bits per heavy atom. The van der Waals surface area contributed by atoms with Crippen molar-refractivity contribution in [1.82, 2.24) is 10.2 Å². The number of nitrogens with zero attached hydrogens (tertiary/aromatic N) is 1. The van der Waals surface area contributed by atoms with E-state index in [9.17, 15) is 19.0 Å². The van der Waals surface area contributed by atoms with Crippen molar-refractivity contribution in [2.45, 2.75) is 12.0 Å². The van der Waals surface area contributed by atoms with Gasteiger partial charge in [0, 0.05) is 31.7 Å². The Bertz CT molecular complexity index is 693. The number of hydrogen-bond donors (Lipinski definition) is 3. The summed E-state index contributed by atoms with van der Waals surface area (Å²) in [5.74, 6) is -3.51. The highest BCUT2D eigenvalue weighted by Crippen LogP contribution is 2.43. The van der Waals surface area contributed by atoms with E-state index in [0.717, 1.165) is 5.39 Å². The van der Waals surface area contributed by atoms with E-state index in [4.69, 9.17) is 0 Å². The van der Waals surface area contributed by atoms with Crippen LogP contribution in [-0.2, 0) is 0 Å². The molecule has 1 heterocycles. The molecule has 1 atom stereocenters. The molecule has 0 radical (unpaired) electrons. The van der Waals surface area contributed by atoms with E-state index in [1.807, 2.05) is 12.1 Å². The summed E-state index contributed by atoms with van der Waals surface area (Å²) in [6.07, 6.45) is 0. The highest BCUT2D eigenvalue weighted by molar-refractivity contribution is 5.88. The van der Waals surface area contributed by atoms with Gasteiger partial charge in [-0.2, -0.15) is 0 Å². The van der Waals surface area contributed by atoms with Gasteiger partial charge in [0.15, 0.2) is 0 Å². The van der Waals surface area contributed by atoms with E-state index >= 15 is 0 Å². The largest absolute Gasteiger partial charge is 0.508 e. The van der Waals surface area contributed by atoms with Gasteiger partial charge in [0.1, 0.15) is 18.4 Å². The lowest BCUT2D eigenvalue weighted by atomic mass is 9.92. The standard InChI is InChI=1S/C17H20F2N2O2.ClH/c18-17(19,11-22)16(21-9-7-20-8-10-21)15-13-4-2-1-3-12(13)5-6-14(15)23;/h1-6,16,20,22-23H,7-11H2;1H/t16-;/m1./s1. The SMILES string of the molecule is Cl.OCC(F)(F)[C@@H](c1c(O)ccc2ccccc12)N1CCNCC1. The first-order valence-electron chi connectivity index (χ1n) is 7.68. The number of hydrogen-bond acceptors (Lipinski definition) is 4. The highest BCUT2D eigenvalue weighted by atomic mass is 35.5. The molecule has 0 spiro atoms. The lowest BCUT2D eigenvalue weighted by Gasteiger charge is -2.39. The van der Waals surface area contributed by atoms with Gasteiger partial charge in [-0.15, -0.1) is 12.4 Å². The van der Waals surface area contributed by atoms with Crippen molar-refractivity contribution in [2.24, 2.45) is 0 Å². The van der Waals surface area contributed by atoms with Crippen molar-refractivity contribution in [3.63, 3.8) is 0 Å². The van der Waals surface area contributed by atoms with E-state index in [1.165, 1.54) is 6.07 Å². The van der Waals surface area contributed by atoms with Crippen molar-refractivity contribution < 1.29 is 19.0 Å². The Morgan fingerprint density at radius 3 is 2.46 bits per heavy atom. The molecule has 1 aliphatic rings. The smallest absolute Gasteiger partial charge is 0.290 e. The molecule has 2 aromatic carbocycles. The van der Waals surface area contributed by atoms with Crippen LogP contribution in [0.2, 0.25) is 0 Å². The van der Waals surface area contributed by atoms with Crippen LogP contribution >= 0.6 is 12.4 Å². The van der Waals surface area contributed by atoms with Gasteiger partial charge in [-0.3, -0.25) is 4.90 Å². The summed E-state index contributed by atoms with van der Waals surface area (Å²) < 4.78 is 29.1. The van der Waals surface area contributed by atoms with Crippen molar-refractivity contribution >= 4 is 23.2 Å². The van der Waals surface area contributed by atoms with Gasteiger partial charge in [0.25, 0.3) is 5.92 Å².